The molecule has 1 aliphatic rings. The smallest absolute Gasteiger partial charge is 0.0485 e. The molecule has 0 heterocycles. The molecule has 0 bridgehead atoms. The molecular formula is C14H20ClN. The van der Waals surface area contributed by atoms with Gasteiger partial charge in [0.25, 0.3) is 0 Å². The molecule has 1 aromatic rings. The van der Waals surface area contributed by atoms with Crippen molar-refractivity contribution < 1.29 is 0 Å². The average molecular weight is 238 g/mol. The SMILES string of the molecule is Cc1cc(C)c(Cl)c(C2(N)CCCCC2)c1. The summed E-state index contributed by atoms with van der Waals surface area (Å²) in [6, 6.07) is 4.29. The van der Waals surface area contributed by atoms with Gasteiger partial charge in [0.05, 0.1) is 0 Å². The second-order valence-corrected chi connectivity index (χ2v) is 5.54. The van der Waals surface area contributed by atoms with E-state index in [0.29, 0.717) is 0 Å². The molecule has 1 nitrogen and oxygen atoms in total. The van der Waals surface area contributed by atoms with E-state index >= 15 is 0 Å². The second kappa shape index (κ2) is 4.38. The monoisotopic (exact) mass is 237 g/mol. The van der Waals surface area contributed by atoms with Crippen LogP contribution >= 0.6 is 11.6 Å². The van der Waals surface area contributed by atoms with E-state index in [0.717, 1.165) is 29.0 Å². The molecule has 0 aliphatic heterocycles. The molecule has 2 rings (SSSR count). The van der Waals surface area contributed by atoms with Gasteiger partial charge in [-0.2, -0.15) is 0 Å². The fourth-order valence-corrected chi connectivity index (χ4v) is 3.06. The highest BCUT2D eigenvalue weighted by Gasteiger charge is 2.31. The van der Waals surface area contributed by atoms with E-state index in [2.05, 4.69) is 26.0 Å². The highest BCUT2D eigenvalue weighted by Crippen LogP contribution is 2.39. The molecule has 2 heteroatoms. The number of benzene rings is 1. The molecule has 88 valence electrons. The predicted molar refractivity (Wildman–Crippen MR) is 69.9 cm³/mol. The van der Waals surface area contributed by atoms with Gasteiger partial charge >= 0.3 is 0 Å². The van der Waals surface area contributed by atoms with Gasteiger partial charge in [-0.3, -0.25) is 0 Å². The van der Waals surface area contributed by atoms with Crippen molar-refractivity contribution in [3.63, 3.8) is 0 Å². The molecule has 1 aromatic carbocycles. The van der Waals surface area contributed by atoms with E-state index in [-0.39, 0.29) is 5.54 Å². The van der Waals surface area contributed by atoms with E-state index in [1.54, 1.807) is 0 Å². The molecule has 0 aromatic heterocycles. The number of hydrogen-bond donors (Lipinski definition) is 1. The van der Waals surface area contributed by atoms with Crippen LogP contribution in [0.2, 0.25) is 5.02 Å². The van der Waals surface area contributed by atoms with Crippen LogP contribution in [0.1, 0.15) is 48.8 Å². The molecule has 0 amide bonds. The lowest BCUT2D eigenvalue weighted by atomic mass is 9.76. The van der Waals surface area contributed by atoms with Gasteiger partial charge in [-0.05, 0) is 37.8 Å². The van der Waals surface area contributed by atoms with Crippen molar-refractivity contribution in [2.75, 3.05) is 0 Å². The molecule has 0 saturated heterocycles. The predicted octanol–water partition coefficient (Wildman–Crippen LogP) is 4.07. The molecular weight excluding hydrogens is 218 g/mol. The number of halogens is 1. The topological polar surface area (TPSA) is 26.0 Å². The van der Waals surface area contributed by atoms with Crippen LogP contribution in [0.25, 0.3) is 0 Å². The van der Waals surface area contributed by atoms with Gasteiger partial charge in [0, 0.05) is 10.6 Å². The van der Waals surface area contributed by atoms with Crippen LogP contribution in [0, 0.1) is 13.8 Å². The minimum absolute atomic E-state index is 0.188. The van der Waals surface area contributed by atoms with E-state index in [9.17, 15) is 0 Å². The van der Waals surface area contributed by atoms with Crippen molar-refractivity contribution in [1.82, 2.24) is 0 Å². The second-order valence-electron chi connectivity index (χ2n) is 5.16. The maximum Gasteiger partial charge on any atom is 0.0485 e. The third-order valence-corrected chi connectivity index (χ3v) is 4.18. The summed E-state index contributed by atoms with van der Waals surface area (Å²) in [6.07, 6.45) is 5.88. The number of nitrogens with two attached hydrogens (primary N) is 1. The van der Waals surface area contributed by atoms with Crippen LogP contribution in [0.5, 0.6) is 0 Å². The fourth-order valence-electron chi connectivity index (χ4n) is 2.76. The van der Waals surface area contributed by atoms with Gasteiger partial charge in [-0.15, -0.1) is 0 Å². The third-order valence-electron chi connectivity index (χ3n) is 3.68. The Bertz CT molecular complexity index is 392. The van der Waals surface area contributed by atoms with Gasteiger partial charge in [0.15, 0.2) is 0 Å². The van der Waals surface area contributed by atoms with Crippen molar-refractivity contribution in [3.05, 3.63) is 33.8 Å². The highest BCUT2D eigenvalue weighted by atomic mass is 35.5. The van der Waals surface area contributed by atoms with Crippen molar-refractivity contribution >= 4 is 11.6 Å². The van der Waals surface area contributed by atoms with E-state index in [4.69, 9.17) is 17.3 Å². The molecule has 1 saturated carbocycles. The van der Waals surface area contributed by atoms with E-state index < -0.39 is 0 Å². The first-order valence-electron chi connectivity index (χ1n) is 6.09. The molecule has 0 unspecified atom stereocenters. The molecule has 0 atom stereocenters. The van der Waals surface area contributed by atoms with Crippen LogP contribution in [0.15, 0.2) is 12.1 Å². The summed E-state index contributed by atoms with van der Waals surface area (Å²) in [5.41, 5.74) is 9.91. The van der Waals surface area contributed by atoms with Gasteiger partial charge in [-0.1, -0.05) is 48.6 Å². The minimum Gasteiger partial charge on any atom is -0.321 e. The van der Waals surface area contributed by atoms with Crippen molar-refractivity contribution in [1.29, 1.82) is 0 Å². The Morgan fingerprint density at radius 2 is 1.75 bits per heavy atom. The average Bonchev–Trinajstić information content (AvgIpc) is 2.24. The molecule has 1 fully saturated rings. The lowest BCUT2D eigenvalue weighted by Crippen LogP contribution is -2.39. The van der Waals surface area contributed by atoms with Gasteiger partial charge in [-0.25, -0.2) is 0 Å². The molecule has 0 spiro atoms. The van der Waals surface area contributed by atoms with Crippen molar-refractivity contribution in [3.8, 4) is 0 Å². The summed E-state index contributed by atoms with van der Waals surface area (Å²) < 4.78 is 0. The van der Waals surface area contributed by atoms with Gasteiger partial charge in [0.1, 0.15) is 0 Å². The molecule has 16 heavy (non-hydrogen) atoms. The maximum atomic E-state index is 6.53. The Morgan fingerprint density at radius 1 is 1.12 bits per heavy atom. The number of rotatable bonds is 1. The standard InChI is InChI=1S/C14H20ClN/c1-10-8-11(2)13(15)12(9-10)14(16)6-4-3-5-7-14/h8-9H,3-7,16H2,1-2H3. The van der Waals surface area contributed by atoms with E-state index in [1.807, 2.05) is 0 Å². The zero-order chi connectivity index (χ0) is 11.8. The summed E-state index contributed by atoms with van der Waals surface area (Å²) in [5, 5.41) is 0.870. The van der Waals surface area contributed by atoms with Crippen LogP contribution in [0.3, 0.4) is 0 Å². The third kappa shape index (κ3) is 2.11. The first-order chi connectivity index (χ1) is 7.53. The molecule has 2 N–H and O–H groups in total. The highest BCUT2D eigenvalue weighted by molar-refractivity contribution is 6.32. The lowest BCUT2D eigenvalue weighted by Gasteiger charge is -2.35. The lowest BCUT2D eigenvalue weighted by molar-refractivity contribution is 0.302. The summed E-state index contributed by atoms with van der Waals surface area (Å²) in [4.78, 5) is 0. The van der Waals surface area contributed by atoms with Crippen LogP contribution < -0.4 is 5.73 Å². The zero-order valence-electron chi connectivity index (χ0n) is 10.1. The van der Waals surface area contributed by atoms with Crippen LogP contribution in [0.4, 0.5) is 0 Å². The largest absolute Gasteiger partial charge is 0.321 e. The first-order valence-corrected chi connectivity index (χ1v) is 6.47. The summed E-state index contributed by atoms with van der Waals surface area (Å²) in [7, 11) is 0. The molecule has 0 radical (unpaired) electrons. The Hall–Kier alpha value is -0.530. The normalized spacial score (nSPS) is 19.8. The first kappa shape index (κ1) is 11.9. The summed E-state index contributed by atoms with van der Waals surface area (Å²) >= 11 is 6.41. The van der Waals surface area contributed by atoms with E-state index in [1.165, 1.54) is 24.8 Å². The maximum absolute atomic E-state index is 6.53. The quantitative estimate of drug-likeness (QED) is 0.783. The Morgan fingerprint density at radius 3 is 2.38 bits per heavy atom. The van der Waals surface area contributed by atoms with Gasteiger partial charge in [0.2, 0.25) is 0 Å². The van der Waals surface area contributed by atoms with Gasteiger partial charge < -0.3 is 5.73 Å². The number of hydrogen-bond acceptors (Lipinski definition) is 1. The Kier molecular flexibility index (Phi) is 3.27. The van der Waals surface area contributed by atoms with Crippen molar-refractivity contribution in [2.24, 2.45) is 5.73 Å². The minimum atomic E-state index is -0.188. The summed E-state index contributed by atoms with van der Waals surface area (Å²) in [6.45, 7) is 4.17. The summed E-state index contributed by atoms with van der Waals surface area (Å²) in [5.74, 6) is 0. The van der Waals surface area contributed by atoms with Crippen LogP contribution in [-0.4, -0.2) is 0 Å². The molecule has 1 aliphatic carbocycles. The Balaban J connectivity index is 2.45. The van der Waals surface area contributed by atoms with Crippen LogP contribution in [-0.2, 0) is 5.54 Å². The zero-order valence-corrected chi connectivity index (χ0v) is 10.9. The van der Waals surface area contributed by atoms with Crippen molar-refractivity contribution in [2.45, 2.75) is 51.5 Å². The number of aryl methyl sites for hydroxylation is 2. The Labute approximate surface area is 103 Å². The fraction of sp³-hybridized carbons (Fsp3) is 0.571.